The maximum atomic E-state index is 11.7. The van der Waals surface area contributed by atoms with Crippen LogP contribution in [0.5, 0.6) is 11.5 Å². The Morgan fingerprint density at radius 3 is 2.48 bits per heavy atom. The highest BCUT2D eigenvalue weighted by Gasteiger charge is 2.22. The van der Waals surface area contributed by atoms with Crippen LogP contribution in [0, 0.1) is 6.92 Å². The molecule has 6 heteroatoms. The number of ether oxygens (including phenoxy) is 2. The third-order valence-electron chi connectivity index (χ3n) is 6.07. The van der Waals surface area contributed by atoms with Crippen LogP contribution < -0.4 is 15.0 Å². The van der Waals surface area contributed by atoms with Gasteiger partial charge in [-0.25, -0.2) is 0 Å². The summed E-state index contributed by atoms with van der Waals surface area (Å²) in [5.74, 6) is 1.11. The van der Waals surface area contributed by atoms with Crippen LogP contribution in [0.1, 0.15) is 209 Å². The Bertz CT molecular complexity index is 990. The molecule has 0 spiro atoms. The standard InChI is InChI=1S/C25H36N2O4.107H2/c1-8-22(17(3)21-11-10-20(30-6)13-16(21)2)26-15-25(31-7)19-9-12-24(29)23(14-19)27(5)18(4)28;;;;;;;;;;;;;;;;;;;;;;;;;;;;;;;;;;;;;;;;;;;;;;;;;;;;;;;;;;;;;;;;;;;;;;;;;;;;;;;;;;;;;;;;;;;;;;;;;;;;;;;;;;;/h9-14,17,22,25-26,29H,8,15H2,1-7H3;107*1H/t17?,22-,25+;;;;;;;;;;;;;;;;;;;;;;;;;;;;;;;;;;;;;;;;;;;;;;;;;;;;;;;;;;;;;;;;;;;;;;;;;;;;;;;;;;;;;;;;;;;;;;;;;;;;;;;;;;;/m1.........................................................................................................../s1. The van der Waals surface area contributed by atoms with Gasteiger partial charge in [0.25, 0.3) is 0 Å². The summed E-state index contributed by atoms with van der Waals surface area (Å²) < 4.78 is 11.1. The molecule has 2 aromatic rings. The van der Waals surface area contributed by atoms with Crippen molar-refractivity contribution in [3.8, 4) is 11.5 Å². The van der Waals surface area contributed by atoms with Gasteiger partial charge in [0.15, 0.2) is 0 Å². The molecule has 1 unspecified atom stereocenters. The average Bonchev–Trinajstić information content (AvgIpc) is 2.76. The zero-order valence-electron chi connectivity index (χ0n) is 19.7. The first-order chi connectivity index (χ1) is 14.7. The summed E-state index contributed by atoms with van der Waals surface area (Å²) in [5, 5.41) is 13.8. The van der Waals surface area contributed by atoms with Crippen LogP contribution in [0.15, 0.2) is 36.4 Å². The molecule has 0 radical (unpaired) electrons. The molecule has 2 rings (SSSR count). The molecule has 3 atom stereocenters. The Morgan fingerprint density at radius 1 is 1.23 bits per heavy atom. The number of hydrogen-bond donors (Lipinski definition) is 2. The fraction of sp³-hybridized carbons (Fsp3) is 0.480. The van der Waals surface area contributed by atoms with Crippen LogP contribution in [0.4, 0.5) is 5.69 Å². The smallest absolute Gasteiger partial charge is 0.223 e. The van der Waals surface area contributed by atoms with Gasteiger partial charge in [0, 0.05) is 186 Å². The first-order valence-corrected chi connectivity index (χ1v) is 10.7. The van der Waals surface area contributed by atoms with Crippen molar-refractivity contribution in [3.05, 3.63) is 53.1 Å². The van der Waals surface area contributed by atoms with Gasteiger partial charge < -0.3 is 24.8 Å². The summed E-state index contributed by atoms with van der Waals surface area (Å²) in [7, 11) is 5.00. The van der Waals surface area contributed by atoms with E-state index in [1.165, 1.54) is 23.0 Å². The lowest BCUT2D eigenvalue weighted by molar-refractivity contribution is -0.116. The second kappa shape index (κ2) is 11.2. The lowest BCUT2D eigenvalue weighted by Crippen LogP contribution is -2.36. The average molecular weight is 644 g/mol. The van der Waals surface area contributed by atoms with Gasteiger partial charge in [-0.05, 0) is 60.2 Å². The van der Waals surface area contributed by atoms with E-state index in [1.54, 1.807) is 27.3 Å². The summed E-state index contributed by atoms with van der Waals surface area (Å²) in [5.41, 5.74) is 3.88. The molecule has 0 fully saturated rings. The molecule has 384 valence electrons. The van der Waals surface area contributed by atoms with E-state index in [9.17, 15) is 9.90 Å². The Balaban J connectivity index is -0.000000000920. The zero-order valence-corrected chi connectivity index (χ0v) is 19.7. The van der Waals surface area contributed by atoms with Crippen molar-refractivity contribution >= 4 is 11.6 Å². The van der Waals surface area contributed by atoms with Gasteiger partial charge in [0.1, 0.15) is 11.5 Å². The van der Waals surface area contributed by atoms with E-state index in [4.69, 9.17) is 9.47 Å². The maximum Gasteiger partial charge on any atom is 0.223 e. The van der Waals surface area contributed by atoms with Gasteiger partial charge in [0.2, 0.25) is 5.91 Å². The number of phenolic OH excluding ortho intramolecular Hbond substituents is 1. The lowest BCUT2D eigenvalue weighted by atomic mass is 9.88. The number of aryl methyl sites for hydroxylation is 1. The molecule has 0 aromatic heterocycles. The quantitative estimate of drug-likeness (QED) is 0.269. The van der Waals surface area contributed by atoms with E-state index in [-0.39, 0.29) is 176 Å². The number of hydrogen-bond acceptors (Lipinski definition) is 5. The number of rotatable bonds is 10. The molecule has 0 aliphatic heterocycles. The largest absolute Gasteiger partial charge is 0.506 e. The highest BCUT2D eigenvalue weighted by Crippen LogP contribution is 2.32. The van der Waals surface area contributed by atoms with Gasteiger partial charge in [-0.3, -0.25) is 4.79 Å². The molecular weight excluding hydrogens is 392 g/mol. The van der Waals surface area contributed by atoms with Gasteiger partial charge in [-0.1, -0.05) is 26.0 Å². The van der Waals surface area contributed by atoms with Crippen LogP contribution in [0.2, 0.25) is 0 Å². The van der Waals surface area contributed by atoms with Gasteiger partial charge in [-0.2, -0.15) is 0 Å². The lowest BCUT2D eigenvalue weighted by Gasteiger charge is -2.28. The Kier molecular flexibility index (Phi) is 8.89. The van der Waals surface area contributed by atoms with Crippen molar-refractivity contribution < 1.29 is 172 Å². The van der Waals surface area contributed by atoms with Gasteiger partial charge >= 0.3 is 0 Å². The molecule has 6 nitrogen and oxygen atoms in total. The fourth-order valence-electron chi connectivity index (χ4n) is 3.95. The molecule has 2 aromatic carbocycles. The molecular formula is C25H250N2O4. The topological polar surface area (TPSA) is 71.0 Å². The number of nitrogens with one attached hydrogen (secondary N) is 1. The summed E-state index contributed by atoms with van der Waals surface area (Å²) >= 11 is 0. The molecule has 2 N–H and O–H groups in total. The number of benzene rings is 2. The van der Waals surface area contributed by atoms with E-state index in [2.05, 4.69) is 38.2 Å². The van der Waals surface area contributed by atoms with Crippen molar-refractivity contribution in [3.63, 3.8) is 0 Å². The van der Waals surface area contributed by atoms with E-state index >= 15 is 0 Å². The van der Waals surface area contributed by atoms with Crippen LogP contribution in [0.25, 0.3) is 0 Å². The maximum absolute atomic E-state index is 11.7. The molecule has 1 amide bonds. The molecule has 0 saturated heterocycles. The first-order valence-electron chi connectivity index (χ1n) is 10.7. The summed E-state index contributed by atoms with van der Waals surface area (Å²) in [6.07, 6.45) is 0.759. The highest BCUT2D eigenvalue weighted by atomic mass is 16.5. The molecule has 0 bridgehead atoms. The van der Waals surface area contributed by atoms with E-state index < -0.39 is 0 Å². The predicted octanol–water partition coefficient (Wildman–Crippen LogP) is 30.9. The Hall–Kier alpha value is -2.57. The number of phenols is 1. The summed E-state index contributed by atoms with van der Waals surface area (Å²) in [4.78, 5) is 13.2. The second-order valence-corrected chi connectivity index (χ2v) is 7.98. The fourth-order valence-corrected chi connectivity index (χ4v) is 3.95. The highest BCUT2D eigenvalue weighted by molar-refractivity contribution is 5.92. The number of nitrogens with zero attached hydrogens (tertiary/aromatic N) is 1. The van der Waals surface area contributed by atoms with Crippen molar-refractivity contribution in [1.29, 1.82) is 0 Å². The molecule has 31 heavy (non-hydrogen) atoms. The van der Waals surface area contributed by atoms with Crippen molar-refractivity contribution in [1.82, 2.24) is 5.32 Å². The minimum atomic E-state index is -0.210. The SMILES string of the molecule is CC[C@@H](NC[C@H](OC)c1ccc(O)c(N(C)C(C)=O)c1)C(C)c1ccc(OC)cc1C.[HH].[HH].[HH].[HH].[HH].[HH].[HH].[HH].[HH].[HH].[HH].[HH].[HH].[HH].[HH].[HH].[HH].[HH].[HH].[HH].[HH].[HH].[HH].[HH].[HH].[HH].[HH].[HH].[HH].[HH].[HH].[HH].[HH].[HH].[HH].[HH].[HH].[HH].[HH].[HH].[HH].[HH].[HH].[HH].[HH].[HH].[HH].[HH].[HH].[HH].[HH].[HH].[HH].[HH].[HH].[HH].[HH].[HH].[HH].[HH].[HH].[HH].[HH].[HH].[HH].[HH].[HH].[HH].[HH].[HH].[HH].[HH].[HH].[HH].[HH].[HH].[HH].[HH].[HH].[HH].[HH].[HH].[HH].[HH].[HH].[HH].[HH].[HH].[HH].[HH].[HH].[HH].[HH].[HH].[HH].[HH].[HH].[HH].[HH].[HH].[HH].[HH].[HH].[HH].[HH].[HH].[HH]. The number of carbonyl (C=O) groups excluding carboxylic acids is 1. The molecule has 0 heterocycles. The van der Waals surface area contributed by atoms with Crippen LogP contribution in [-0.2, 0) is 9.53 Å². The van der Waals surface area contributed by atoms with Crippen LogP contribution in [-0.4, -0.2) is 44.9 Å². The van der Waals surface area contributed by atoms with Crippen molar-refractivity contribution in [2.75, 3.05) is 32.7 Å². The molecule has 0 aliphatic rings. The van der Waals surface area contributed by atoms with Gasteiger partial charge in [0.05, 0.1) is 18.9 Å². The minimum absolute atomic E-state index is 0. The minimum Gasteiger partial charge on any atom is -0.506 e. The van der Waals surface area contributed by atoms with E-state index in [1.807, 2.05) is 18.2 Å². The third kappa shape index (κ3) is 5.99. The second-order valence-electron chi connectivity index (χ2n) is 7.98. The van der Waals surface area contributed by atoms with Crippen molar-refractivity contribution in [2.24, 2.45) is 0 Å². The van der Waals surface area contributed by atoms with Gasteiger partial charge in [-0.15, -0.1) is 0 Å². The van der Waals surface area contributed by atoms with Crippen LogP contribution >= 0.6 is 0 Å². The molecule has 0 saturated carbocycles. The normalized spacial score (nSPS) is 14.0. The number of anilines is 1. The third-order valence-corrected chi connectivity index (χ3v) is 6.07. The number of aromatic hydroxyl groups is 1. The van der Waals surface area contributed by atoms with Crippen LogP contribution in [0.3, 0.4) is 0 Å². The number of methoxy groups -OCH3 is 2. The summed E-state index contributed by atoms with van der Waals surface area (Å²) in [6.45, 7) is 8.61. The number of amides is 1. The Labute approximate surface area is 345 Å². The molecule has 0 aliphatic carbocycles. The number of carbonyl (C=O) groups is 1. The Morgan fingerprint density at radius 2 is 1.94 bits per heavy atom. The zero-order chi connectivity index (χ0) is 23.1. The summed E-state index contributed by atoms with van der Waals surface area (Å²) in [6, 6.07) is 11.7. The van der Waals surface area contributed by atoms with Crippen molar-refractivity contribution in [2.45, 2.75) is 52.2 Å². The van der Waals surface area contributed by atoms with E-state index in [0.717, 1.165) is 17.7 Å². The first kappa shape index (κ1) is 24.7. The predicted molar refractivity (Wildman–Crippen MR) is 351 cm³/mol. The van der Waals surface area contributed by atoms with E-state index in [0.29, 0.717) is 18.2 Å². The monoisotopic (exact) mass is 644 g/mol.